The number of hydrogen-bond acceptors (Lipinski definition) is 4. The molecule has 4 nitrogen and oxygen atoms in total. The average molecular weight is 305 g/mol. The normalized spacial score (nSPS) is 22.1. The van der Waals surface area contributed by atoms with Crippen LogP contribution in [0.15, 0.2) is 24.3 Å². The Morgan fingerprint density at radius 3 is 2.33 bits per heavy atom. The van der Waals surface area contributed by atoms with E-state index in [4.69, 9.17) is 18.0 Å². The molecule has 2 aliphatic rings. The summed E-state index contributed by atoms with van der Waals surface area (Å²) in [6, 6.07) is 8.45. The zero-order chi connectivity index (χ0) is 14.8. The van der Waals surface area contributed by atoms with Crippen molar-refractivity contribution < 1.29 is 5.11 Å². The lowest BCUT2D eigenvalue weighted by Gasteiger charge is -2.35. The molecule has 1 aliphatic carbocycles. The van der Waals surface area contributed by atoms with Crippen LogP contribution in [0.5, 0.6) is 0 Å². The average Bonchev–Trinajstić information content (AvgIpc) is 3.33. The number of nitrogens with two attached hydrogens (primary N) is 1. The molecular formula is C16H23N3OS. The molecule has 0 amide bonds. The number of aliphatic hydroxyl groups excluding tert-OH is 1. The van der Waals surface area contributed by atoms with E-state index in [0.29, 0.717) is 11.5 Å². The van der Waals surface area contributed by atoms with Crippen LogP contribution in [0.2, 0.25) is 0 Å². The van der Waals surface area contributed by atoms with Gasteiger partial charge in [0, 0.05) is 44.3 Å². The molecule has 1 aromatic rings. The minimum Gasteiger partial charge on any atom is -0.389 e. The second-order valence-corrected chi connectivity index (χ2v) is 6.51. The summed E-state index contributed by atoms with van der Waals surface area (Å²) in [5.74, 6) is 0. The molecule has 1 saturated heterocycles. The van der Waals surface area contributed by atoms with Gasteiger partial charge in [0.25, 0.3) is 0 Å². The van der Waals surface area contributed by atoms with Gasteiger partial charge in [0.05, 0.1) is 6.10 Å². The first-order valence-corrected chi connectivity index (χ1v) is 8.08. The van der Waals surface area contributed by atoms with Crippen LogP contribution >= 0.6 is 12.2 Å². The first-order valence-electron chi connectivity index (χ1n) is 7.68. The lowest BCUT2D eigenvalue weighted by atomic mass is 10.1. The first-order chi connectivity index (χ1) is 10.1. The highest BCUT2D eigenvalue weighted by Crippen LogP contribution is 2.27. The Kier molecular flexibility index (Phi) is 4.54. The molecule has 1 aromatic carbocycles. The Morgan fingerprint density at radius 2 is 1.81 bits per heavy atom. The number of rotatable bonds is 5. The molecule has 1 heterocycles. The lowest BCUT2D eigenvalue weighted by molar-refractivity contribution is 0.0700. The summed E-state index contributed by atoms with van der Waals surface area (Å²) in [7, 11) is 0. The van der Waals surface area contributed by atoms with Crippen molar-refractivity contribution in [2.75, 3.05) is 32.7 Å². The Balaban J connectivity index is 1.51. The van der Waals surface area contributed by atoms with Crippen LogP contribution in [-0.4, -0.2) is 58.7 Å². The molecule has 0 spiro atoms. The largest absolute Gasteiger partial charge is 0.389 e. The molecule has 1 saturated carbocycles. The second kappa shape index (κ2) is 6.40. The van der Waals surface area contributed by atoms with Crippen molar-refractivity contribution >= 4 is 17.2 Å². The highest BCUT2D eigenvalue weighted by atomic mass is 32.1. The Bertz CT molecular complexity index is 493. The van der Waals surface area contributed by atoms with Crippen LogP contribution in [0.1, 0.15) is 30.1 Å². The summed E-state index contributed by atoms with van der Waals surface area (Å²) in [6.45, 7) is 5.08. The predicted octanol–water partition coefficient (Wildman–Crippen LogP) is 1.13. The summed E-state index contributed by atoms with van der Waals surface area (Å²) < 4.78 is 0. The van der Waals surface area contributed by atoms with Crippen molar-refractivity contribution in [1.82, 2.24) is 9.80 Å². The van der Waals surface area contributed by atoms with E-state index < -0.39 is 6.10 Å². The maximum absolute atomic E-state index is 10.4. The van der Waals surface area contributed by atoms with E-state index in [1.165, 1.54) is 12.8 Å². The molecule has 1 unspecified atom stereocenters. The number of thiocarbonyl (C=S) groups is 1. The van der Waals surface area contributed by atoms with Gasteiger partial charge in [-0.25, -0.2) is 0 Å². The Hall–Kier alpha value is -1.01. The van der Waals surface area contributed by atoms with E-state index in [1.807, 2.05) is 24.3 Å². The minimum atomic E-state index is -0.446. The number of nitrogens with zero attached hydrogens (tertiary/aromatic N) is 2. The Morgan fingerprint density at radius 1 is 1.19 bits per heavy atom. The molecule has 3 rings (SSSR count). The van der Waals surface area contributed by atoms with E-state index in [0.717, 1.165) is 43.3 Å². The van der Waals surface area contributed by atoms with Crippen molar-refractivity contribution in [3.05, 3.63) is 35.4 Å². The molecule has 0 bridgehead atoms. The van der Waals surface area contributed by atoms with E-state index in [2.05, 4.69) is 9.80 Å². The van der Waals surface area contributed by atoms with E-state index in [-0.39, 0.29) is 0 Å². The van der Waals surface area contributed by atoms with Crippen LogP contribution in [0, 0.1) is 0 Å². The topological polar surface area (TPSA) is 52.7 Å². The molecular weight excluding hydrogens is 282 g/mol. The summed E-state index contributed by atoms with van der Waals surface area (Å²) in [4.78, 5) is 5.33. The molecule has 0 radical (unpaired) electrons. The zero-order valence-corrected chi connectivity index (χ0v) is 13.1. The lowest BCUT2D eigenvalue weighted by Crippen LogP contribution is -2.48. The maximum atomic E-state index is 10.4. The summed E-state index contributed by atoms with van der Waals surface area (Å²) in [6.07, 6.45) is 2.30. The van der Waals surface area contributed by atoms with Gasteiger partial charge in [-0.1, -0.05) is 36.5 Å². The molecule has 21 heavy (non-hydrogen) atoms. The molecule has 2 fully saturated rings. The van der Waals surface area contributed by atoms with Gasteiger partial charge in [-0.2, -0.15) is 0 Å². The van der Waals surface area contributed by atoms with Crippen molar-refractivity contribution in [3.8, 4) is 0 Å². The summed E-state index contributed by atoms with van der Waals surface area (Å²) in [5.41, 5.74) is 7.36. The first kappa shape index (κ1) is 14.9. The van der Waals surface area contributed by atoms with Crippen LogP contribution in [0.25, 0.3) is 0 Å². The number of aliphatic hydroxyl groups is 1. The van der Waals surface area contributed by atoms with Crippen molar-refractivity contribution in [2.45, 2.75) is 25.0 Å². The van der Waals surface area contributed by atoms with Gasteiger partial charge in [-0.3, -0.25) is 9.80 Å². The minimum absolute atomic E-state index is 0.396. The van der Waals surface area contributed by atoms with Crippen molar-refractivity contribution in [1.29, 1.82) is 0 Å². The predicted molar refractivity (Wildman–Crippen MR) is 88.3 cm³/mol. The van der Waals surface area contributed by atoms with Crippen LogP contribution in [-0.2, 0) is 0 Å². The number of benzene rings is 1. The monoisotopic (exact) mass is 305 g/mol. The maximum Gasteiger partial charge on any atom is 0.103 e. The quantitative estimate of drug-likeness (QED) is 0.799. The molecule has 0 aromatic heterocycles. The van der Waals surface area contributed by atoms with Gasteiger partial charge in [-0.15, -0.1) is 0 Å². The summed E-state index contributed by atoms with van der Waals surface area (Å²) in [5, 5.41) is 10.4. The second-order valence-electron chi connectivity index (χ2n) is 6.07. The highest BCUT2D eigenvalue weighted by Gasteiger charge is 2.31. The zero-order valence-electron chi connectivity index (χ0n) is 12.2. The van der Waals surface area contributed by atoms with Crippen LogP contribution in [0.4, 0.5) is 0 Å². The number of hydrogen-bond donors (Lipinski definition) is 2. The third kappa shape index (κ3) is 3.80. The third-order valence-electron chi connectivity index (χ3n) is 4.48. The molecule has 5 heteroatoms. The third-order valence-corrected chi connectivity index (χ3v) is 4.72. The van der Waals surface area contributed by atoms with E-state index in [9.17, 15) is 5.11 Å². The fraction of sp³-hybridized carbons (Fsp3) is 0.562. The molecule has 1 atom stereocenters. The molecule has 1 aliphatic heterocycles. The van der Waals surface area contributed by atoms with E-state index in [1.54, 1.807) is 0 Å². The van der Waals surface area contributed by atoms with Crippen molar-refractivity contribution in [3.63, 3.8) is 0 Å². The van der Waals surface area contributed by atoms with Crippen LogP contribution in [0.3, 0.4) is 0 Å². The van der Waals surface area contributed by atoms with Gasteiger partial charge in [0.2, 0.25) is 0 Å². The van der Waals surface area contributed by atoms with Gasteiger partial charge >= 0.3 is 0 Å². The number of piperazine rings is 1. The summed E-state index contributed by atoms with van der Waals surface area (Å²) >= 11 is 4.94. The van der Waals surface area contributed by atoms with Gasteiger partial charge in [0.1, 0.15) is 4.99 Å². The van der Waals surface area contributed by atoms with Crippen molar-refractivity contribution in [2.24, 2.45) is 5.73 Å². The standard InChI is InChI=1S/C16H23N3OS/c17-16(21)13-3-1-12(2-4-13)15(20)11-18-7-9-19(10-8-18)14-5-6-14/h1-4,14-15,20H,5-11H2,(H2,17,21). The number of β-amino-alcohol motifs (C(OH)–C–C–N with tert-alkyl or cyclic N) is 1. The Labute approximate surface area is 131 Å². The van der Waals surface area contributed by atoms with Gasteiger partial charge < -0.3 is 10.8 Å². The van der Waals surface area contributed by atoms with Crippen LogP contribution < -0.4 is 5.73 Å². The SMILES string of the molecule is NC(=S)c1ccc(C(O)CN2CCN(C3CC3)CC2)cc1. The smallest absolute Gasteiger partial charge is 0.103 e. The molecule has 3 N–H and O–H groups in total. The van der Waals surface area contributed by atoms with E-state index >= 15 is 0 Å². The van der Waals surface area contributed by atoms with Gasteiger partial charge in [-0.05, 0) is 18.4 Å². The highest BCUT2D eigenvalue weighted by molar-refractivity contribution is 7.80. The molecule has 114 valence electrons. The van der Waals surface area contributed by atoms with Gasteiger partial charge in [0.15, 0.2) is 0 Å². The fourth-order valence-corrected chi connectivity index (χ4v) is 3.11. The fourth-order valence-electron chi connectivity index (χ4n) is 2.97.